The normalized spacial score (nSPS) is 11.7. The summed E-state index contributed by atoms with van der Waals surface area (Å²) in [6.07, 6.45) is 2.89. The lowest BCUT2D eigenvalue weighted by Crippen LogP contribution is -2.28. The lowest BCUT2D eigenvalue weighted by Gasteiger charge is -2.19. The van der Waals surface area contributed by atoms with Crippen LogP contribution in [-0.4, -0.2) is 84.3 Å². The highest BCUT2D eigenvalue weighted by molar-refractivity contribution is 7.58. The third-order valence-corrected chi connectivity index (χ3v) is 15.5. The summed E-state index contributed by atoms with van der Waals surface area (Å²) in [5, 5.41) is 8.57. The van der Waals surface area contributed by atoms with E-state index in [0.29, 0.717) is 61.7 Å². The standard InChI is InChI=1S/C11H13ClO.C8H19O2P.C8H16O.C7H17O3P.C7H14O.2C6H10F2O.C6H9NO.2CH4/c1-7(2)11(13)9-5-4-8(3)6-10(9)12;1-5-6-7-10-11(4,9)8(2)3;1-6(2)5-8(9)7(3)4;1-5-9-11(8,7(3)4)10-6-2;1-5(2)7(8)6(3)4;2*1-4(2)5(9)6(3,7)8;1-5(2)6(8)3-4-7;;/h4-7H,1-3H3;8H,5-7H2,1-4H3;6-7H,5H2,1-4H3;7H,5-6H2,1-4H3;5-6H,1-4H3;2*4H,1-3H3;5H,3H2,1-2H3;2*1H4. The Morgan fingerprint density at radius 1 is 0.600 bits per heavy atom. The second-order valence-corrected chi connectivity index (χ2v) is 28.0. The fourth-order valence-corrected chi connectivity index (χ4v) is 7.47. The number of halogens is 5. The van der Waals surface area contributed by atoms with Gasteiger partial charge in [-0.2, -0.15) is 22.8 Å². The Morgan fingerprint density at radius 3 is 1.15 bits per heavy atom. The van der Waals surface area contributed by atoms with Gasteiger partial charge < -0.3 is 13.6 Å². The Bertz CT molecular complexity index is 1920. The van der Waals surface area contributed by atoms with Gasteiger partial charge in [0, 0.05) is 79.6 Å². The average molecular weight is 1210 g/mol. The van der Waals surface area contributed by atoms with Crippen LogP contribution in [0.5, 0.6) is 0 Å². The van der Waals surface area contributed by atoms with Gasteiger partial charge in [0.2, 0.25) is 18.9 Å². The summed E-state index contributed by atoms with van der Waals surface area (Å²) in [5.41, 5.74) is 1.80. The number of nitriles is 1. The minimum absolute atomic E-state index is 0. The van der Waals surface area contributed by atoms with Gasteiger partial charge in [-0.15, -0.1) is 0 Å². The maximum absolute atomic E-state index is 12.0. The molecule has 0 aliphatic rings. The Hall–Kier alpha value is -2.92. The van der Waals surface area contributed by atoms with E-state index in [4.69, 9.17) is 30.4 Å². The first-order valence-electron chi connectivity index (χ1n) is 27.3. The van der Waals surface area contributed by atoms with Crippen molar-refractivity contribution in [2.45, 2.75) is 244 Å². The summed E-state index contributed by atoms with van der Waals surface area (Å²) in [6.45, 7) is 48.6. The van der Waals surface area contributed by atoms with Gasteiger partial charge >= 0.3 is 19.4 Å². The monoisotopic (exact) mass is 1210 g/mol. The van der Waals surface area contributed by atoms with Crippen molar-refractivity contribution in [2.24, 2.45) is 47.3 Å². The topological polar surface area (TPSA) is 188 Å². The van der Waals surface area contributed by atoms with E-state index in [9.17, 15) is 55.5 Å². The Labute approximate surface area is 491 Å². The van der Waals surface area contributed by atoms with Crippen LogP contribution in [0.4, 0.5) is 17.6 Å². The Kier molecular flexibility index (Phi) is 60.9. The Morgan fingerprint density at radius 2 is 0.975 bits per heavy atom. The van der Waals surface area contributed by atoms with Crippen LogP contribution in [0.3, 0.4) is 0 Å². The van der Waals surface area contributed by atoms with E-state index in [0.717, 1.165) is 24.8 Å². The van der Waals surface area contributed by atoms with E-state index in [2.05, 4.69) is 20.8 Å². The lowest BCUT2D eigenvalue weighted by molar-refractivity contribution is -0.144. The highest BCUT2D eigenvalue weighted by Crippen LogP contribution is 2.52. The molecule has 12 nitrogen and oxygen atoms in total. The van der Waals surface area contributed by atoms with Crippen molar-refractivity contribution in [1.29, 1.82) is 5.26 Å². The molecule has 476 valence electrons. The van der Waals surface area contributed by atoms with E-state index in [-0.39, 0.29) is 73.7 Å². The van der Waals surface area contributed by atoms with Crippen molar-refractivity contribution >= 4 is 61.3 Å². The molecule has 0 aliphatic carbocycles. The first kappa shape index (κ1) is 96.3. The zero-order valence-electron chi connectivity index (χ0n) is 53.2. The van der Waals surface area contributed by atoms with Crippen LogP contribution in [0.1, 0.15) is 230 Å². The number of hydrogen-bond donors (Lipinski definition) is 0. The van der Waals surface area contributed by atoms with Crippen molar-refractivity contribution in [3.63, 3.8) is 0 Å². The van der Waals surface area contributed by atoms with Crippen LogP contribution in [0.25, 0.3) is 0 Å². The maximum atomic E-state index is 12.0. The maximum Gasteiger partial charge on any atom is 0.333 e. The number of aryl methyl sites for hydroxylation is 1. The average Bonchev–Trinajstić information content (AvgIpc) is 3.28. The minimum Gasteiger partial charge on any atom is -0.328 e. The molecule has 0 aromatic heterocycles. The van der Waals surface area contributed by atoms with Gasteiger partial charge in [-0.05, 0) is 50.8 Å². The van der Waals surface area contributed by atoms with Crippen LogP contribution in [0, 0.1) is 65.6 Å². The molecule has 0 heterocycles. The van der Waals surface area contributed by atoms with E-state index >= 15 is 0 Å². The minimum atomic E-state index is -3.16. The second-order valence-electron chi connectivity index (χ2n) is 21.9. The predicted octanol–water partition coefficient (Wildman–Crippen LogP) is 19.5. The molecule has 0 N–H and O–H groups in total. The van der Waals surface area contributed by atoms with E-state index < -0.39 is 50.2 Å². The van der Waals surface area contributed by atoms with Crippen molar-refractivity contribution < 1.29 is 69.0 Å². The molecular weight excluding hydrogens is 1100 g/mol. The van der Waals surface area contributed by atoms with Crippen LogP contribution in [0.15, 0.2) is 18.2 Å². The Balaban J connectivity index is -0.000000103. The molecule has 1 atom stereocenters. The molecule has 1 rings (SSSR count). The number of benzene rings is 1. The van der Waals surface area contributed by atoms with E-state index in [1.54, 1.807) is 32.6 Å². The van der Waals surface area contributed by atoms with E-state index in [1.165, 1.54) is 27.7 Å². The molecule has 0 amide bonds. The molecule has 0 aliphatic heterocycles. The number of carbonyl (C=O) groups is 6. The van der Waals surface area contributed by atoms with Crippen LogP contribution >= 0.6 is 26.6 Å². The molecule has 1 aromatic rings. The molecule has 80 heavy (non-hydrogen) atoms. The van der Waals surface area contributed by atoms with Crippen molar-refractivity contribution in [2.75, 3.05) is 26.5 Å². The molecule has 1 unspecified atom stereocenters. The highest BCUT2D eigenvalue weighted by atomic mass is 35.5. The summed E-state index contributed by atoms with van der Waals surface area (Å²) in [4.78, 5) is 64.7. The second kappa shape index (κ2) is 50.6. The molecule has 0 radical (unpaired) electrons. The van der Waals surface area contributed by atoms with Crippen LogP contribution < -0.4 is 0 Å². The fourth-order valence-electron chi connectivity index (χ4n) is 4.97. The summed E-state index contributed by atoms with van der Waals surface area (Å²) in [7, 11) is -5.09. The van der Waals surface area contributed by atoms with Gasteiger partial charge in [0.25, 0.3) is 0 Å². The number of nitrogens with zero attached hydrogens (tertiary/aromatic N) is 1. The van der Waals surface area contributed by atoms with Crippen LogP contribution in [-0.2, 0) is 46.7 Å². The quantitative estimate of drug-likeness (QED) is 0.0437. The molecule has 0 saturated carbocycles. The number of ketones is 6. The highest BCUT2D eigenvalue weighted by Gasteiger charge is 2.34. The molecule has 0 bridgehead atoms. The summed E-state index contributed by atoms with van der Waals surface area (Å²) in [6, 6.07) is 7.31. The summed E-state index contributed by atoms with van der Waals surface area (Å²) in [5.74, 6) is -7.47. The van der Waals surface area contributed by atoms with Gasteiger partial charge in [-0.1, -0.05) is 184 Å². The van der Waals surface area contributed by atoms with Gasteiger partial charge in [0.05, 0.1) is 43.0 Å². The number of hydrogen-bond acceptors (Lipinski definition) is 12. The zero-order chi connectivity index (χ0) is 63.9. The van der Waals surface area contributed by atoms with Crippen molar-refractivity contribution in [3.8, 4) is 6.07 Å². The lowest BCUT2D eigenvalue weighted by atomic mass is 9.99. The smallest absolute Gasteiger partial charge is 0.328 e. The molecule has 0 saturated heterocycles. The zero-order valence-corrected chi connectivity index (χ0v) is 55.7. The predicted molar refractivity (Wildman–Crippen MR) is 329 cm³/mol. The van der Waals surface area contributed by atoms with Gasteiger partial charge in [0.1, 0.15) is 17.3 Å². The fraction of sp³-hybridized carbons (Fsp3) is 0.787. The first-order chi connectivity index (χ1) is 35.1. The molecule has 0 fully saturated rings. The summed E-state index contributed by atoms with van der Waals surface area (Å²) >= 11 is 5.95. The first-order valence-corrected chi connectivity index (χ1v) is 31.4. The van der Waals surface area contributed by atoms with Crippen molar-refractivity contribution in [3.05, 3.63) is 34.3 Å². The number of rotatable bonds is 23. The summed E-state index contributed by atoms with van der Waals surface area (Å²) < 4.78 is 86.7. The third-order valence-electron chi connectivity index (χ3n) is 10.2. The molecular formula is C61H116ClF4NO11P2. The van der Waals surface area contributed by atoms with Gasteiger partial charge in [-0.25, -0.2) is 0 Å². The SMILES string of the molecule is C.C.CC(C)C(=O)C(C)(F)F.CC(C)C(=O)C(C)(F)F.CC(C)C(=O)C(C)C.CC(C)C(=O)CC#N.CC(C)CC(=O)C(C)C.CCCCOP(C)(=O)C(C)C.CCOP(=O)(OCC)C(C)C.Cc1ccc(C(=O)C(C)C)c(Cl)c1. The van der Waals surface area contributed by atoms with E-state index in [1.807, 2.05) is 116 Å². The number of unbranched alkanes of at least 4 members (excludes halogenated alkanes) is 1. The van der Waals surface area contributed by atoms with Gasteiger partial charge in [0.15, 0.2) is 5.78 Å². The molecule has 19 heteroatoms. The van der Waals surface area contributed by atoms with Gasteiger partial charge in [-0.3, -0.25) is 37.9 Å². The number of carbonyl (C=O) groups excluding carboxylic acids is 6. The van der Waals surface area contributed by atoms with Crippen LogP contribution in [0.2, 0.25) is 5.02 Å². The molecule has 1 aromatic carbocycles. The number of Topliss-reactive ketones (excluding diaryl/α,β-unsaturated/α-hetero) is 6. The van der Waals surface area contributed by atoms with Crippen molar-refractivity contribution in [1.82, 2.24) is 0 Å². The number of alkyl halides is 4. The third kappa shape index (κ3) is 54.3. The largest absolute Gasteiger partial charge is 0.333 e. The molecule has 0 spiro atoms.